The van der Waals surface area contributed by atoms with Crippen LogP contribution in [0, 0.1) is 0 Å². The van der Waals surface area contributed by atoms with Crippen LogP contribution in [0.15, 0.2) is 110 Å². The van der Waals surface area contributed by atoms with E-state index in [-0.39, 0.29) is 12.0 Å². The van der Waals surface area contributed by atoms with Gasteiger partial charge in [0.05, 0.1) is 11.9 Å². The van der Waals surface area contributed by atoms with Gasteiger partial charge >= 0.3 is 0 Å². The molecule has 0 aliphatic heterocycles. The number of anilines is 1. The minimum Gasteiger partial charge on any atom is -0.386 e. The first kappa shape index (κ1) is 22.6. The molecule has 168 valence electrons. The summed E-state index contributed by atoms with van der Waals surface area (Å²) in [6, 6.07) is 26.3. The quantitative estimate of drug-likeness (QED) is 0.217. The zero-order valence-electron chi connectivity index (χ0n) is 18.7. The van der Waals surface area contributed by atoms with Crippen LogP contribution in [0.4, 0.5) is 5.69 Å². The minimum absolute atomic E-state index is 0.0245. The number of aromatic amines is 1. The van der Waals surface area contributed by atoms with Crippen molar-refractivity contribution < 1.29 is 0 Å². The predicted molar refractivity (Wildman–Crippen MR) is 141 cm³/mol. The monoisotopic (exact) mass is 456 g/mol. The summed E-state index contributed by atoms with van der Waals surface area (Å²) in [4.78, 5) is 3.39. The van der Waals surface area contributed by atoms with E-state index in [4.69, 9.17) is 11.6 Å². The van der Waals surface area contributed by atoms with Crippen molar-refractivity contribution in [2.24, 2.45) is 0 Å². The van der Waals surface area contributed by atoms with Crippen molar-refractivity contribution in [3.8, 4) is 0 Å². The molecule has 4 nitrogen and oxygen atoms in total. The van der Waals surface area contributed by atoms with Crippen molar-refractivity contribution >= 4 is 28.2 Å². The average Bonchev–Trinajstić information content (AvgIpc) is 3.25. The van der Waals surface area contributed by atoms with E-state index >= 15 is 0 Å². The summed E-state index contributed by atoms with van der Waals surface area (Å²) in [6.45, 7) is 11.1. The molecular weight excluding hydrogens is 428 g/mol. The van der Waals surface area contributed by atoms with E-state index in [0.717, 1.165) is 33.3 Å². The topological polar surface area (TPSA) is 51.9 Å². The summed E-state index contributed by atoms with van der Waals surface area (Å²) >= 11 is 6.62. The molecule has 1 heterocycles. The predicted octanol–water partition coefficient (Wildman–Crippen LogP) is 6.62. The Morgan fingerprint density at radius 1 is 0.909 bits per heavy atom. The summed E-state index contributed by atoms with van der Waals surface area (Å²) in [6.07, 6.45) is 2.08. The van der Waals surface area contributed by atoms with Gasteiger partial charge in [0.25, 0.3) is 0 Å². The van der Waals surface area contributed by atoms with Crippen molar-refractivity contribution in [2.45, 2.75) is 18.9 Å². The molecule has 1 aromatic heterocycles. The van der Waals surface area contributed by atoms with Crippen LogP contribution in [0.5, 0.6) is 0 Å². The van der Waals surface area contributed by atoms with Gasteiger partial charge in [0.1, 0.15) is 0 Å². The number of hydrogen-bond acceptors (Lipinski definition) is 3. The van der Waals surface area contributed by atoms with Gasteiger partial charge in [-0.25, -0.2) is 0 Å². The molecule has 33 heavy (non-hydrogen) atoms. The van der Waals surface area contributed by atoms with Crippen LogP contribution in [0.3, 0.4) is 0 Å². The molecule has 0 radical (unpaired) electrons. The molecule has 0 aliphatic rings. The van der Waals surface area contributed by atoms with Crippen LogP contribution in [-0.4, -0.2) is 17.6 Å². The number of hydrogen-bond donors (Lipinski definition) is 4. The van der Waals surface area contributed by atoms with Crippen LogP contribution in [0.2, 0.25) is 5.02 Å². The lowest BCUT2D eigenvalue weighted by atomic mass is 9.90. The van der Waals surface area contributed by atoms with Crippen molar-refractivity contribution in [1.82, 2.24) is 15.6 Å². The Morgan fingerprint density at radius 3 is 2.39 bits per heavy atom. The summed E-state index contributed by atoms with van der Waals surface area (Å²) in [7, 11) is 0. The Morgan fingerprint density at radius 2 is 1.61 bits per heavy atom. The third-order valence-corrected chi connectivity index (χ3v) is 6.14. The number of nitrogens with one attached hydrogen (secondary N) is 4. The Hall–Kier alpha value is -3.63. The molecule has 4 rings (SSSR count). The number of fused-ring (bicyclic) bond motifs is 1. The Balaban J connectivity index is 1.47. The number of halogens is 1. The van der Waals surface area contributed by atoms with Crippen molar-refractivity contribution in [3.05, 3.63) is 126 Å². The first-order valence-electron chi connectivity index (χ1n) is 11.0. The molecule has 4 N–H and O–H groups in total. The number of benzene rings is 3. The number of H-pyrrole nitrogens is 1. The van der Waals surface area contributed by atoms with Gasteiger partial charge in [-0.05, 0) is 42.3 Å². The van der Waals surface area contributed by atoms with E-state index in [1.54, 1.807) is 0 Å². The van der Waals surface area contributed by atoms with Gasteiger partial charge in [0.2, 0.25) is 0 Å². The highest BCUT2D eigenvalue weighted by atomic mass is 35.5. The molecule has 3 aromatic carbocycles. The van der Waals surface area contributed by atoms with Crippen LogP contribution in [0.25, 0.3) is 10.9 Å². The third-order valence-electron chi connectivity index (χ3n) is 5.79. The second-order valence-electron chi connectivity index (χ2n) is 8.11. The second kappa shape index (κ2) is 10.3. The zero-order valence-corrected chi connectivity index (χ0v) is 19.5. The van der Waals surface area contributed by atoms with Crippen LogP contribution in [0.1, 0.15) is 24.0 Å². The molecule has 4 aromatic rings. The fourth-order valence-electron chi connectivity index (χ4n) is 3.99. The number of rotatable bonds is 10. The summed E-state index contributed by atoms with van der Waals surface area (Å²) in [5.74, 6) is 0.778. The van der Waals surface area contributed by atoms with Crippen molar-refractivity contribution in [2.75, 3.05) is 11.9 Å². The lowest BCUT2D eigenvalue weighted by Gasteiger charge is -2.25. The maximum absolute atomic E-state index is 6.62. The maximum Gasteiger partial charge on any atom is 0.0962 e. The van der Waals surface area contributed by atoms with Gasteiger partial charge in [-0.1, -0.05) is 79.4 Å². The lowest BCUT2D eigenvalue weighted by molar-refractivity contribution is 0.611. The molecule has 0 amide bonds. The smallest absolute Gasteiger partial charge is 0.0962 e. The molecule has 0 fully saturated rings. The first-order chi connectivity index (χ1) is 16.0. The van der Waals surface area contributed by atoms with E-state index in [0.29, 0.717) is 6.54 Å². The number of aromatic nitrogens is 1. The van der Waals surface area contributed by atoms with Crippen molar-refractivity contribution in [3.63, 3.8) is 0 Å². The Kier molecular flexibility index (Phi) is 7.06. The second-order valence-corrected chi connectivity index (χ2v) is 8.51. The van der Waals surface area contributed by atoms with Gasteiger partial charge in [-0.15, -0.1) is 0 Å². The highest BCUT2D eigenvalue weighted by Crippen LogP contribution is 2.34. The summed E-state index contributed by atoms with van der Waals surface area (Å²) in [5, 5.41) is 12.1. The summed E-state index contributed by atoms with van der Waals surface area (Å²) < 4.78 is 0. The standard InChI is InChI=1S/C28H29ClN4/c1-19(20(2)32-21(3)33-22-11-5-4-6-12-22)30-17-25(23-13-7-9-15-27(23)29)26-18-31-28-16-10-8-14-24(26)28/h4-16,18,20,25,30-33H,1,3,17H2,2H3. The van der Waals surface area contributed by atoms with E-state index in [2.05, 4.69) is 71.5 Å². The van der Waals surface area contributed by atoms with Gasteiger partial charge in [-0.3, -0.25) is 0 Å². The van der Waals surface area contributed by atoms with E-state index in [9.17, 15) is 0 Å². The third kappa shape index (κ3) is 5.41. The van der Waals surface area contributed by atoms with E-state index in [1.165, 1.54) is 10.9 Å². The maximum atomic E-state index is 6.62. The largest absolute Gasteiger partial charge is 0.386 e. The van der Waals surface area contributed by atoms with Gasteiger partial charge < -0.3 is 20.9 Å². The van der Waals surface area contributed by atoms with E-state index < -0.39 is 0 Å². The number of para-hydroxylation sites is 2. The molecule has 0 bridgehead atoms. The minimum atomic E-state index is -0.0245. The zero-order chi connectivity index (χ0) is 23.2. The molecule has 0 aliphatic carbocycles. The average molecular weight is 457 g/mol. The van der Waals surface area contributed by atoms with Crippen LogP contribution < -0.4 is 16.0 Å². The summed E-state index contributed by atoms with van der Waals surface area (Å²) in [5.41, 5.74) is 5.26. The fraction of sp³-hybridized carbons (Fsp3) is 0.143. The lowest BCUT2D eigenvalue weighted by Crippen LogP contribution is -2.36. The van der Waals surface area contributed by atoms with Crippen molar-refractivity contribution in [1.29, 1.82) is 0 Å². The molecule has 0 spiro atoms. The normalized spacial score (nSPS) is 12.7. The molecule has 5 heteroatoms. The fourth-order valence-corrected chi connectivity index (χ4v) is 4.26. The molecule has 2 atom stereocenters. The SMILES string of the molecule is C=C(Nc1ccccc1)NC(C)C(=C)NCC(c1ccccc1Cl)c1c[nH]c2ccccc12. The molecule has 2 unspecified atom stereocenters. The van der Waals surface area contributed by atoms with E-state index in [1.807, 2.05) is 54.6 Å². The molecule has 0 saturated heterocycles. The molecule has 0 saturated carbocycles. The Labute approximate surface area is 200 Å². The first-order valence-corrected chi connectivity index (χ1v) is 11.4. The van der Waals surface area contributed by atoms with Gasteiger partial charge in [-0.2, -0.15) is 0 Å². The molecular formula is C28H29ClN4. The highest BCUT2D eigenvalue weighted by molar-refractivity contribution is 6.31. The highest BCUT2D eigenvalue weighted by Gasteiger charge is 2.21. The van der Waals surface area contributed by atoms with Gasteiger partial charge in [0.15, 0.2) is 0 Å². The van der Waals surface area contributed by atoms with Crippen LogP contribution in [-0.2, 0) is 0 Å². The van der Waals surface area contributed by atoms with Gasteiger partial charge in [0, 0.05) is 46.0 Å². The van der Waals surface area contributed by atoms with Crippen LogP contribution >= 0.6 is 11.6 Å². The Bertz CT molecular complexity index is 1240.